The van der Waals surface area contributed by atoms with Crippen LogP contribution in [0.2, 0.25) is 0 Å². The summed E-state index contributed by atoms with van der Waals surface area (Å²) in [5.41, 5.74) is 0. The van der Waals surface area contributed by atoms with Crippen molar-refractivity contribution in [1.29, 1.82) is 0 Å². The molecule has 2 nitrogen and oxygen atoms in total. The van der Waals surface area contributed by atoms with Gasteiger partial charge >= 0.3 is 0 Å². The van der Waals surface area contributed by atoms with Crippen LogP contribution in [0.15, 0.2) is 0 Å². The van der Waals surface area contributed by atoms with E-state index in [-0.39, 0.29) is 0 Å². The van der Waals surface area contributed by atoms with Gasteiger partial charge in [0.2, 0.25) is 0 Å². The highest BCUT2D eigenvalue weighted by molar-refractivity contribution is 8.07. The zero-order valence-corrected chi connectivity index (χ0v) is 11.3. The third kappa shape index (κ3) is 7.00. The van der Waals surface area contributed by atoms with Crippen LogP contribution < -0.4 is 0 Å². The molecule has 2 saturated heterocycles. The Kier molecular flexibility index (Phi) is 6.07. The van der Waals surface area contributed by atoms with Crippen molar-refractivity contribution in [2.24, 2.45) is 0 Å². The van der Waals surface area contributed by atoms with E-state index in [1.807, 2.05) is 35.3 Å². The SMILES string of the molecule is C(CSCCOCC1CS1)OCC1CS1. The molecule has 2 unspecified atom stereocenters. The maximum atomic E-state index is 5.53. The zero-order chi connectivity index (χ0) is 10.3. The van der Waals surface area contributed by atoms with Crippen LogP contribution in [0, 0.1) is 0 Å². The van der Waals surface area contributed by atoms with Gasteiger partial charge in [0.05, 0.1) is 26.4 Å². The highest BCUT2D eigenvalue weighted by Crippen LogP contribution is 2.30. The molecular formula is C10H18O2S3. The normalized spacial score (nSPS) is 28.0. The fraction of sp³-hybridized carbons (Fsp3) is 1.00. The van der Waals surface area contributed by atoms with Gasteiger partial charge in [0.15, 0.2) is 0 Å². The van der Waals surface area contributed by atoms with Crippen LogP contribution in [0.3, 0.4) is 0 Å². The van der Waals surface area contributed by atoms with E-state index in [9.17, 15) is 0 Å². The van der Waals surface area contributed by atoms with Gasteiger partial charge in [0, 0.05) is 33.5 Å². The predicted molar refractivity (Wildman–Crippen MR) is 71.5 cm³/mol. The average molecular weight is 266 g/mol. The molecular weight excluding hydrogens is 248 g/mol. The van der Waals surface area contributed by atoms with E-state index in [0.717, 1.165) is 48.4 Å². The number of thioether (sulfide) groups is 3. The molecule has 2 atom stereocenters. The van der Waals surface area contributed by atoms with Crippen LogP contribution in [0.25, 0.3) is 0 Å². The molecule has 15 heavy (non-hydrogen) atoms. The summed E-state index contributed by atoms with van der Waals surface area (Å²) in [6.07, 6.45) is 0. The molecule has 2 heterocycles. The molecule has 0 saturated carbocycles. The molecule has 0 aromatic heterocycles. The van der Waals surface area contributed by atoms with Gasteiger partial charge in [-0.05, 0) is 0 Å². The lowest BCUT2D eigenvalue weighted by Gasteiger charge is -2.03. The summed E-state index contributed by atoms with van der Waals surface area (Å²) >= 11 is 5.93. The van der Waals surface area contributed by atoms with Crippen LogP contribution >= 0.6 is 35.3 Å². The second-order valence-electron chi connectivity index (χ2n) is 3.67. The van der Waals surface area contributed by atoms with Gasteiger partial charge in [-0.2, -0.15) is 35.3 Å². The minimum absolute atomic E-state index is 0.814. The van der Waals surface area contributed by atoms with Gasteiger partial charge in [0.25, 0.3) is 0 Å². The minimum Gasteiger partial charge on any atom is -0.379 e. The van der Waals surface area contributed by atoms with E-state index in [0.29, 0.717) is 0 Å². The number of ether oxygens (including phenoxy) is 2. The van der Waals surface area contributed by atoms with Crippen LogP contribution in [0.4, 0.5) is 0 Å². The molecule has 0 aromatic carbocycles. The Balaban J connectivity index is 1.23. The zero-order valence-electron chi connectivity index (χ0n) is 8.85. The molecule has 88 valence electrons. The van der Waals surface area contributed by atoms with Crippen molar-refractivity contribution in [2.75, 3.05) is 49.4 Å². The summed E-state index contributed by atoms with van der Waals surface area (Å²) < 4.78 is 11.1. The first-order valence-electron chi connectivity index (χ1n) is 5.41. The van der Waals surface area contributed by atoms with Gasteiger partial charge in [-0.25, -0.2) is 0 Å². The summed E-state index contributed by atoms with van der Waals surface area (Å²) in [4.78, 5) is 0. The molecule has 0 aliphatic carbocycles. The molecule has 0 bridgehead atoms. The second kappa shape index (κ2) is 7.33. The van der Waals surface area contributed by atoms with Crippen molar-refractivity contribution >= 4 is 35.3 Å². The highest BCUT2D eigenvalue weighted by Gasteiger charge is 2.22. The Labute approximate surface area is 105 Å². The lowest BCUT2D eigenvalue weighted by molar-refractivity contribution is 0.155. The van der Waals surface area contributed by atoms with E-state index in [4.69, 9.17) is 9.47 Å². The van der Waals surface area contributed by atoms with Gasteiger partial charge in [-0.1, -0.05) is 0 Å². The Bertz CT molecular complexity index is 154. The average Bonchev–Trinajstić information content (AvgIpc) is 3.10. The van der Waals surface area contributed by atoms with Crippen LogP contribution in [-0.2, 0) is 9.47 Å². The van der Waals surface area contributed by atoms with Crippen molar-refractivity contribution in [3.8, 4) is 0 Å². The van der Waals surface area contributed by atoms with Gasteiger partial charge in [-0.15, -0.1) is 0 Å². The first-order chi connectivity index (χ1) is 7.45. The molecule has 0 spiro atoms. The van der Waals surface area contributed by atoms with Crippen molar-refractivity contribution in [2.45, 2.75) is 10.5 Å². The summed E-state index contributed by atoms with van der Waals surface area (Å²) in [5, 5.41) is 1.63. The third-order valence-electron chi connectivity index (χ3n) is 2.16. The fourth-order valence-electron chi connectivity index (χ4n) is 1.10. The van der Waals surface area contributed by atoms with Crippen LogP contribution in [0.1, 0.15) is 0 Å². The lowest BCUT2D eigenvalue weighted by atomic mass is 10.5. The third-order valence-corrected chi connectivity index (χ3v) is 4.95. The van der Waals surface area contributed by atoms with Crippen molar-refractivity contribution in [1.82, 2.24) is 0 Å². The molecule has 0 aromatic rings. The Morgan fingerprint density at radius 2 is 1.40 bits per heavy atom. The summed E-state index contributed by atoms with van der Waals surface area (Å²) in [5.74, 6) is 4.83. The topological polar surface area (TPSA) is 18.5 Å². The first-order valence-corrected chi connectivity index (χ1v) is 8.67. The molecule has 0 N–H and O–H groups in total. The quantitative estimate of drug-likeness (QED) is 0.443. The molecule has 2 fully saturated rings. The van der Waals surface area contributed by atoms with Crippen molar-refractivity contribution < 1.29 is 9.47 Å². The summed E-state index contributed by atoms with van der Waals surface area (Å²) in [6.45, 7) is 3.72. The van der Waals surface area contributed by atoms with Gasteiger partial charge in [0.1, 0.15) is 0 Å². The second-order valence-corrected chi connectivity index (χ2v) is 7.56. The number of rotatable bonds is 10. The largest absolute Gasteiger partial charge is 0.379 e. The Morgan fingerprint density at radius 1 is 0.933 bits per heavy atom. The predicted octanol–water partition coefficient (Wildman–Crippen LogP) is 1.98. The van der Waals surface area contributed by atoms with Crippen molar-refractivity contribution in [3.05, 3.63) is 0 Å². The number of hydrogen-bond donors (Lipinski definition) is 0. The molecule has 0 radical (unpaired) electrons. The molecule has 5 heteroatoms. The van der Waals surface area contributed by atoms with E-state index in [1.54, 1.807) is 0 Å². The lowest BCUT2D eigenvalue weighted by Crippen LogP contribution is -2.06. The maximum absolute atomic E-state index is 5.53. The van der Waals surface area contributed by atoms with Crippen LogP contribution in [0.5, 0.6) is 0 Å². The summed E-state index contributed by atoms with van der Waals surface area (Å²) in [7, 11) is 0. The summed E-state index contributed by atoms with van der Waals surface area (Å²) in [6, 6.07) is 0. The Hall–Kier alpha value is 0.970. The van der Waals surface area contributed by atoms with Crippen LogP contribution in [-0.4, -0.2) is 59.9 Å². The fourth-order valence-corrected chi connectivity index (χ4v) is 2.62. The van der Waals surface area contributed by atoms with Crippen molar-refractivity contribution in [3.63, 3.8) is 0 Å². The standard InChI is InChI=1S/C10H18O2S3/c1(11-5-9-7-14-9)3-13-4-2-12-6-10-8-15-10/h9-10H,1-8H2. The number of hydrogen-bond acceptors (Lipinski definition) is 5. The van der Waals surface area contributed by atoms with Gasteiger partial charge < -0.3 is 9.47 Å². The monoisotopic (exact) mass is 266 g/mol. The van der Waals surface area contributed by atoms with Gasteiger partial charge in [-0.3, -0.25) is 0 Å². The maximum Gasteiger partial charge on any atom is 0.0593 e. The Morgan fingerprint density at radius 3 is 1.80 bits per heavy atom. The smallest absolute Gasteiger partial charge is 0.0593 e. The highest BCUT2D eigenvalue weighted by atomic mass is 32.2. The van der Waals surface area contributed by atoms with E-state index in [2.05, 4.69) is 0 Å². The molecule has 2 rings (SSSR count). The minimum atomic E-state index is 0.814. The first kappa shape index (κ1) is 12.4. The molecule has 2 aliphatic rings. The molecule has 2 aliphatic heterocycles. The van der Waals surface area contributed by atoms with E-state index >= 15 is 0 Å². The van der Waals surface area contributed by atoms with E-state index in [1.165, 1.54) is 11.5 Å². The molecule has 0 amide bonds. The van der Waals surface area contributed by atoms with E-state index < -0.39 is 0 Å².